The van der Waals surface area contributed by atoms with Crippen LogP contribution in [0.5, 0.6) is 11.5 Å². The van der Waals surface area contributed by atoms with Gasteiger partial charge in [-0.1, -0.05) is 26.3 Å². The maximum Gasteiger partial charge on any atom is 0.161 e. The maximum absolute atomic E-state index is 5.73. The molecule has 20 heavy (non-hydrogen) atoms. The van der Waals surface area contributed by atoms with Gasteiger partial charge in [0.1, 0.15) is 0 Å². The first-order valence-electron chi connectivity index (χ1n) is 7.53. The summed E-state index contributed by atoms with van der Waals surface area (Å²) in [6.07, 6.45) is 2.28. The van der Waals surface area contributed by atoms with Crippen molar-refractivity contribution in [1.29, 1.82) is 0 Å². The van der Waals surface area contributed by atoms with Gasteiger partial charge in [-0.2, -0.15) is 0 Å². The molecule has 1 aromatic carbocycles. The fourth-order valence-electron chi connectivity index (χ4n) is 2.47. The number of benzene rings is 1. The Morgan fingerprint density at radius 2 is 1.75 bits per heavy atom. The Bertz CT molecular complexity index is 396. The molecule has 0 fully saturated rings. The SMILES string of the molecule is CCCC(C)C(NN)c1ccc(OCC)c(OCC)c1. The van der Waals surface area contributed by atoms with Crippen molar-refractivity contribution in [3.8, 4) is 11.5 Å². The largest absolute Gasteiger partial charge is 0.490 e. The normalized spacial score (nSPS) is 13.8. The Hall–Kier alpha value is -1.26. The molecule has 1 aromatic rings. The lowest BCUT2D eigenvalue weighted by Crippen LogP contribution is -2.32. The summed E-state index contributed by atoms with van der Waals surface area (Å²) in [5.74, 6) is 7.78. The molecule has 2 unspecified atom stereocenters. The summed E-state index contributed by atoms with van der Waals surface area (Å²) < 4.78 is 11.3. The van der Waals surface area contributed by atoms with E-state index >= 15 is 0 Å². The van der Waals surface area contributed by atoms with Crippen LogP contribution < -0.4 is 20.7 Å². The van der Waals surface area contributed by atoms with Gasteiger partial charge in [-0.15, -0.1) is 0 Å². The van der Waals surface area contributed by atoms with E-state index in [2.05, 4.69) is 25.3 Å². The van der Waals surface area contributed by atoms with Crippen LogP contribution in [0.25, 0.3) is 0 Å². The average Bonchev–Trinajstić information content (AvgIpc) is 2.43. The van der Waals surface area contributed by atoms with Crippen molar-refractivity contribution >= 4 is 0 Å². The van der Waals surface area contributed by atoms with E-state index in [1.807, 2.05) is 26.0 Å². The topological polar surface area (TPSA) is 56.5 Å². The molecule has 0 amide bonds. The van der Waals surface area contributed by atoms with Crippen LogP contribution in [0.1, 0.15) is 52.1 Å². The molecule has 0 saturated carbocycles. The van der Waals surface area contributed by atoms with Crippen LogP contribution in [0.3, 0.4) is 0 Å². The van der Waals surface area contributed by atoms with Gasteiger partial charge in [-0.25, -0.2) is 0 Å². The molecule has 2 atom stereocenters. The summed E-state index contributed by atoms with van der Waals surface area (Å²) in [6, 6.07) is 6.19. The number of ether oxygens (including phenoxy) is 2. The highest BCUT2D eigenvalue weighted by Crippen LogP contribution is 2.33. The molecule has 4 nitrogen and oxygen atoms in total. The summed E-state index contributed by atoms with van der Waals surface area (Å²) in [7, 11) is 0. The molecule has 0 aliphatic carbocycles. The van der Waals surface area contributed by atoms with E-state index in [9.17, 15) is 0 Å². The van der Waals surface area contributed by atoms with Gasteiger partial charge in [0, 0.05) is 6.04 Å². The second kappa shape index (κ2) is 8.82. The van der Waals surface area contributed by atoms with Crippen molar-refractivity contribution < 1.29 is 9.47 Å². The van der Waals surface area contributed by atoms with Crippen molar-refractivity contribution in [3.05, 3.63) is 23.8 Å². The minimum absolute atomic E-state index is 0.129. The Morgan fingerprint density at radius 1 is 1.10 bits per heavy atom. The van der Waals surface area contributed by atoms with Crippen LogP contribution in [0, 0.1) is 5.92 Å². The van der Waals surface area contributed by atoms with Gasteiger partial charge in [0.25, 0.3) is 0 Å². The predicted octanol–water partition coefficient (Wildman–Crippen LogP) is 3.42. The Balaban J connectivity index is 3.01. The predicted molar refractivity (Wildman–Crippen MR) is 82.9 cm³/mol. The zero-order chi connectivity index (χ0) is 15.0. The molecule has 4 heteroatoms. The number of nitrogens with one attached hydrogen (secondary N) is 1. The van der Waals surface area contributed by atoms with Crippen LogP contribution in [0.2, 0.25) is 0 Å². The minimum atomic E-state index is 0.129. The van der Waals surface area contributed by atoms with Crippen LogP contribution in [-0.4, -0.2) is 13.2 Å². The maximum atomic E-state index is 5.73. The molecule has 0 aliphatic rings. The molecular formula is C16H28N2O2. The fraction of sp³-hybridized carbons (Fsp3) is 0.625. The van der Waals surface area contributed by atoms with E-state index in [-0.39, 0.29) is 6.04 Å². The third-order valence-electron chi connectivity index (χ3n) is 3.42. The van der Waals surface area contributed by atoms with Gasteiger partial charge in [0.05, 0.1) is 13.2 Å². The standard InChI is InChI=1S/C16H28N2O2/c1-5-8-12(4)16(18-17)13-9-10-14(19-6-2)15(11-13)20-7-3/h9-12,16,18H,5-8,17H2,1-4H3. The first kappa shape index (κ1) is 16.8. The van der Waals surface area contributed by atoms with Crippen molar-refractivity contribution in [2.75, 3.05) is 13.2 Å². The minimum Gasteiger partial charge on any atom is -0.490 e. The number of hydrogen-bond acceptors (Lipinski definition) is 4. The monoisotopic (exact) mass is 280 g/mol. The molecule has 0 heterocycles. The summed E-state index contributed by atoms with van der Waals surface area (Å²) in [5.41, 5.74) is 4.07. The van der Waals surface area contributed by atoms with Crippen molar-refractivity contribution in [2.45, 2.75) is 46.6 Å². The lowest BCUT2D eigenvalue weighted by molar-refractivity contribution is 0.286. The molecule has 0 radical (unpaired) electrons. The molecular weight excluding hydrogens is 252 g/mol. The van der Waals surface area contributed by atoms with E-state index in [1.54, 1.807) is 0 Å². The number of hydrazine groups is 1. The first-order valence-corrected chi connectivity index (χ1v) is 7.53. The second-order valence-corrected chi connectivity index (χ2v) is 4.98. The van der Waals surface area contributed by atoms with Crippen molar-refractivity contribution in [2.24, 2.45) is 11.8 Å². The lowest BCUT2D eigenvalue weighted by atomic mass is 9.91. The van der Waals surface area contributed by atoms with Crippen molar-refractivity contribution in [1.82, 2.24) is 5.43 Å². The summed E-state index contributed by atoms with van der Waals surface area (Å²) in [5, 5.41) is 0. The van der Waals surface area contributed by atoms with Crippen molar-refractivity contribution in [3.63, 3.8) is 0 Å². The third-order valence-corrected chi connectivity index (χ3v) is 3.42. The summed E-state index contributed by atoms with van der Waals surface area (Å²) in [6.45, 7) is 9.59. The van der Waals surface area contributed by atoms with Gasteiger partial charge in [0.15, 0.2) is 11.5 Å². The highest BCUT2D eigenvalue weighted by Gasteiger charge is 2.19. The molecule has 0 aromatic heterocycles. The zero-order valence-electron chi connectivity index (χ0n) is 13.1. The quantitative estimate of drug-likeness (QED) is 0.537. The molecule has 1 rings (SSSR count). The molecule has 0 bridgehead atoms. The Labute approximate surface area is 122 Å². The molecule has 3 N–H and O–H groups in total. The van der Waals surface area contributed by atoms with Crippen LogP contribution >= 0.6 is 0 Å². The molecule has 114 valence electrons. The zero-order valence-corrected chi connectivity index (χ0v) is 13.1. The molecule has 0 aliphatic heterocycles. The van der Waals surface area contributed by atoms with E-state index in [0.29, 0.717) is 19.1 Å². The van der Waals surface area contributed by atoms with Crippen LogP contribution in [0.15, 0.2) is 18.2 Å². The van der Waals surface area contributed by atoms with Gasteiger partial charge in [-0.05, 0) is 43.9 Å². The van der Waals surface area contributed by atoms with Gasteiger partial charge < -0.3 is 9.47 Å². The van der Waals surface area contributed by atoms with Gasteiger partial charge >= 0.3 is 0 Å². The summed E-state index contributed by atoms with van der Waals surface area (Å²) >= 11 is 0. The Kier molecular flexibility index (Phi) is 7.41. The van der Waals surface area contributed by atoms with Crippen LogP contribution in [0.4, 0.5) is 0 Å². The highest BCUT2D eigenvalue weighted by molar-refractivity contribution is 5.44. The summed E-state index contributed by atoms with van der Waals surface area (Å²) in [4.78, 5) is 0. The Morgan fingerprint density at radius 3 is 2.30 bits per heavy atom. The molecule has 0 saturated heterocycles. The van der Waals surface area contributed by atoms with E-state index in [1.165, 1.54) is 0 Å². The molecule has 0 spiro atoms. The van der Waals surface area contributed by atoms with E-state index in [0.717, 1.165) is 29.9 Å². The van der Waals surface area contributed by atoms with Crippen LogP contribution in [-0.2, 0) is 0 Å². The lowest BCUT2D eigenvalue weighted by Gasteiger charge is -2.24. The fourth-order valence-corrected chi connectivity index (χ4v) is 2.47. The van der Waals surface area contributed by atoms with E-state index in [4.69, 9.17) is 15.3 Å². The highest BCUT2D eigenvalue weighted by atomic mass is 16.5. The smallest absolute Gasteiger partial charge is 0.161 e. The number of rotatable bonds is 9. The number of hydrogen-bond donors (Lipinski definition) is 2. The number of nitrogens with two attached hydrogens (primary N) is 1. The third kappa shape index (κ3) is 4.39. The van der Waals surface area contributed by atoms with Gasteiger partial charge in [-0.3, -0.25) is 11.3 Å². The van der Waals surface area contributed by atoms with Gasteiger partial charge in [0.2, 0.25) is 0 Å². The average molecular weight is 280 g/mol. The van der Waals surface area contributed by atoms with E-state index < -0.39 is 0 Å². The second-order valence-electron chi connectivity index (χ2n) is 4.98. The first-order chi connectivity index (χ1) is 9.67.